The van der Waals surface area contributed by atoms with Crippen LogP contribution in [-0.4, -0.2) is 30.5 Å². The normalized spacial score (nSPS) is 11.2. The van der Waals surface area contributed by atoms with Crippen LogP contribution in [0.3, 0.4) is 0 Å². The summed E-state index contributed by atoms with van der Waals surface area (Å²) in [5.74, 6) is -0.516. The third-order valence-electron chi connectivity index (χ3n) is 3.18. The molecule has 0 saturated carbocycles. The highest BCUT2D eigenvalue weighted by Gasteiger charge is 2.19. The fourth-order valence-corrected chi connectivity index (χ4v) is 3.69. The van der Waals surface area contributed by atoms with Crippen LogP contribution in [-0.2, 0) is 9.84 Å². The van der Waals surface area contributed by atoms with Gasteiger partial charge in [0.15, 0.2) is 15.0 Å². The maximum Gasteiger partial charge on any atom is 0.258 e. The summed E-state index contributed by atoms with van der Waals surface area (Å²) >= 11 is 1.25. The largest absolute Gasteiger partial charge is 0.298 e. The first-order valence-corrected chi connectivity index (χ1v) is 9.69. The van der Waals surface area contributed by atoms with E-state index in [-0.39, 0.29) is 10.5 Å². The summed E-state index contributed by atoms with van der Waals surface area (Å²) in [6.07, 6.45) is 2.73. The minimum Gasteiger partial charge on any atom is -0.298 e. The Morgan fingerprint density at radius 1 is 1.08 bits per heavy atom. The molecule has 2 heterocycles. The fraction of sp³-hybridized carbons (Fsp3) is 0.0625. The molecule has 24 heavy (non-hydrogen) atoms. The molecule has 0 unspecified atom stereocenters. The van der Waals surface area contributed by atoms with Gasteiger partial charge >= 0.3 is 0 Å². The standard InChI is InChI=1S/C16H13N3O3S2/c1-24(21,22)14-8-3-2-6-11(14)15(20)19-16-18-13(10-23-16)12-7-4-5-9-17-12/h2-10H,1H3,(H,18,19,20). The average molecular weight is 359 g/mol. The quantitative estimate of drug-likeness (QED) is 0.774. The molecule has 6 nitrogen and oxygen atoms in total. The zero-order valence-corrected chi connectivity index (χ0v) is 14.3. The number of aromatic nitrogens is 2. The molecule has 1 N–H and O–H groups in total. The second-order valence-electron chi connectivity index (χ2n) is 4.98. The third-order valence-corrected chi connectivity index (χ3v) is 5.10. The summed E-state index contributed by atoms with van der Waals surface area (Å²) in [4.78, 5) is 20.9. The maximum absolute atomic E-state index is 12.4. The number of amides is 1. The molecule has 2 aromatic heterocycles. The van der Waals surface area contributed by atoms with E-state index in [4.69, 9.17) is 0 Å². The molecule has 0 saturated heterocycles. The molecule has 1 aromatic carbocycles. The average Bonchev–Trinajstić information content (AvgIpc) is 3.03. The summed E-state index contributed by atoms with van der Waals surface area (Å²) in [6.45, 7) is 0. The highest BCUT2D eigenvalue weighted by molar-refractivity contribution is 7.90. The van der Waals surface area contributed by atoms with Crippen molar-refractivity contribution in [1.82, 2.24) is 9.97 Å². The van der Waals surface area contributed by atoms with Crippen molar-refractivity contribution >= 4 is 32.2 Å². The molecule has 8 heteroatoms. The van der Waals surface area contributed by atoms with Crippen LogP contribution in [0.1, 0.15) is 10.4 Å². The van der Waals surface area contributed by atoms with Gasteiger partial charge in [0, 0.05) is 17.8 Å². The number of nitrogens with one attached hydrogen (secondary N) is 1. The molecule has 122 valence electrons. The lowest BCUT2D eigenvalue weighted by Gasteiger charge is -2.06. The number of thiazole rings is 1. The van der Waals surface area contributed by atoms with Gasteiger partial charge in [-0.05, 0) is 24.3 Å². The molecule has 0 spiro atoms. The summed E-state index contributed by atoms with van der Waals surface area (Å²) in [5, 5.41) is 4.79. The van der Waals surface area contributed by atoms with E-state index in [2.05, 4.69) is 15.3 Å². The molecule has 0 radical (unpaired) electrons. The van der Waals surface area contributed by atoms with Crippen molar-refractivity contribution in [2.75, 3.05) is 11.6 Å². The van der Waals surface area contributed by atoms with Crippen molar-refractivity contribution in [2.24, 2.45) is 0 Å². The first kappa shape index (κ1) is 16.3. The first-order valence-electron chi connectivity index (χ1n) is 6.92. The maximum atomic E-state index is 12.4. The number of hydrogen-bond acceptors (Lipinski definition) is 6. The van der Waals surface area contributed by atoms with Crippen LogP contribution >= 0.6 is 11.3 Å². The van der Waals surface area contributed by atoms with Gasteiger partial charge in [-0.25, -0.2) is 13.4 Å². The molecule has 0 aliphatic heterocycles. The summed E-state index contributed by atoms with van der Waals surface area (Å²) in [5.41, 5.74) is 1.44. The SMILES string of the molecule is CS(=O)(=O)c1ccccc1C(=O)Nc1nc(-c2ccccn2)cs1. The lowest BCUT2D eigenvalue weighted by molar-refractivity contribution is 0.102. The molecular weight excluding hydrogens is 346 g/mol. The van der Waals surface area contributed by atoms with Crippen LogP contribution in [0, 0.1) is 0 Å². The number of anilines is 1. The van der Waals surface area contributed by atoms with E-state index in [1.165, 1.54) is 23.5 Å². The Balaban J connectivity index is 1.86. The van der Waals surface area contributed by atoms with Gasteiger partial charge in [0.1, 0.15) is 5.69 Å². The number of pyridine rings is 1. The van der Waals surface area contributed by atoms with E-state index in [1.807, 2.05) is 12.1 Å². The van der Waals surface area contributed by atoms with Gasteiger partial charge in [-0.2, -0.15) is 0 Å². The van der Waals surface area contributed by atoms with E-state index in [0.29, 0.717) is 16.5 Å². The van der Waals surface area contributed by atoms with Crippen molar-refractivity contribution in [3.05, 3.63) is 59.6 Å². The molecule has 0 aliphatic rings. The zero-order chi connectivity index (χ0) is 17.2. The van der Waals surface area contributed by atoms with Crippen LogP contribution in [0.25, 0.3) is 11.4 Å². The number of hydrogen-bond donors (Lipinski definition) is 1. The molecule has 0 bridgehead atoms. The molecule has 1 amide bonds. The molecule has 3 aromatic rings. The number of carbonyl (C=O) groups excluding carboxylic acids is 1. The number of sulfone groups is 1. The van der Waals surface area contributed by atoms with Crippen LogP contribution in [0.15, 0.2) is 58.9 Å². The lowest BCUT2D eigenvalue weighted by atomic mass is 10.2. The predicted molar refractivity (Wildman–Crippen MR) is 92.9 cm³/mol. The summed E-state index contributed by atoms with van der Waals surface area (Å²) in [6, 6.07) is 11.5. The van der Waals surface area contributed by atoms with Gasteiger partial charge in [-0.3, -0.25) is 15.1 Å². The van der Waals surface area contributed by atoms with Gasteiger partial charge in [0.2, 0.25) is 0 Å². The summed E-state index contributed by atoms with van der Waals surface area (Å²) < 4.78 is 23.6. The highest BCUT2D eigenvalue weighted by Crippen LogP contribution is 2.24. The molecule has 3 rings (SSSR count). The van der Waals surface area contributed by atoms with E-state index < -0.39 is 15.7 Å². The van der Waals surface area contributed by atoms with Gasteiger partial charge in [-0.15, -0.1) is 11.3 Å². The second-order valence-corrected chi connectivity index (χ2v) is 7.82. The van der Waals surface area contributed by atoms with E-state index >= 15 is 0 Å². The minimum atomic E-state index is -3.50. The van der Waals surface area contributed by atoms with Gasteiger partial charge in [-0.1, -0.05) is 18.2 Å². The van der Waals surface area contributed by atoms with Crippen molar-refractivity contribution in [2.45, 2.75) is 4.90 Å². The Morgan fingerprint density at radius 2 is 1.83 bits per heavy atom. The Bertz CT molecular complexity index is 983. The molecule has 0 atom stereocenters. The zero-order valence-electron chi connectivity index (χ0n) is 12.6. The van der Waals surface area contributed by atoms with Crippen molar-refractivity contribution in [3.8, 4) is 11.4 Å². The number of carbonyl (C=O) groups is 1. The van der Waals surface area contributed by atoms with Gasteiger partial charge < -0.3 is 0 Å². The molecular formula is C16H13N3O3S2. The Labute approximate surface area is 143 Å². The lowest BCUT2D eigenvalue weighted by Crippen LogP contribution is -2.15. The topological polar surface area (TPSA) is 89.0 Å². The Morgan fingerprint density at radius 3 is 2.54 bits per heavy atom. The minimum absolute atomic E-state index is 0.0102. The van der Waals surface area contributed by atoms with Crippen LogP contribution in [0.4, 0.5) is 5.13 Å². The predicted octanol–water partition coefficient (Wildman–Crippen LogP) is 2.86. The number of nitrogens with zero attached hydrogens (tertiary/aromatic N) is 2. The smallest absolute Gasteiger partial charge is 0.258 e. The molecule has 0 fully saturated rings. The fourth-order valence-electron chi connectivity index (χ4n) is 2.11. The Kier molecular flexibility index (Phi) is 4.41. The third kappa shape index (κ3) is 3.50. The van der Waals surface area contributed by atoms with Crippen molar-refractivity contribution < 1.29 is 13.2 Å². The number of benzene rings is 1. The monoisotopic (exact) mass is 359 g/mol. The second kappa shape index (κ2) is 6.50. The summed E-state index contributed by atoms with van der Waals surface area (Å²) in [7, 11) is -3.50. The van der Waals surface area contributed by atoms with Crippen LogP contribution in [0.5, 0.6) is 0 Å². The van der Waals surface area contributed by atoms with Gasteiger partial charge in [0.25, 0.3) is 5.91 Å². The number of rotatable bonds is 4. The van der Waals surface area contributed by atoms with E-state index in [0.717, 1.165) is 6.26 Å². The Hall–Kier alpha value is -2.58. The molecule has 0 aliphatic carbocycles. The first-order chi connectivity index (χ1) is 11.4. The van der Waals surface area contributed by atoms with Crippen LogP contribution in [0.2, 0.25) is 0 Å². The van der Waals surface area contributed by atoms with Crippen molar-refractivity contribution in [3.63, 3.8) is 0 Å². The van der Waals surface area contributed by atoms with E-state index in [1.54, 1.807) is 29.8 Å². The van der Waals surface area contributed by atoms with E-state index in [9.17, 15) is 13.2 Å². The highest BCUT2D eigenvalue weighted by atomic mass is 32.2. The van der Waals surface area contributed by atoms with Gasteiger partial charge in [0.05, 0.1) is 16.2 Å². The van der Waals surface area contributed by atoms with Crippen LogP contribution < -0.4 is 5.32 Å². The van der Waals surface area contributed by atoms with Crippen molar-refractivity contribution in [1.29, 1.82) is 0 Å².